The van der Waals surface area contributed by atoms with Gasteiger partial charge in [-0.15, -0.1) is 0 Å². The largest absolute Gasteiger partial charge is 0.479 e. The molecule has 10 rings (SSSR count). The molecule has 0 bridgehead atoms. The molecule has 30 nitrogen and oxygen atoms in total. The van der Waals surface area contributed by atoms with Gasteiger partial charge >= 0.3 is 11.9 Å². The van der Waals surface area contributed by atoms with Crippen molar-refractivity contribution in [3.8, 4) is 0 Å². The Balaban J connectivity index is 0.896. The van der Waals surface area contributed by atoms with Crippen molar-refractivity contribution in [2.24, 2.45) is 50.2 Å². The van der Waals surface area contributed by atoms with Gasteiger partial charge in [0.15, 0.2) is 31.3 Å². The number of allylic oxidation sites excluding steroid dienone is 2. The number of esters is 1. The van der Waals surface area contributed by atoms with E-state index in [1.807, 2.05) is 0 Å². The molecule has 30 heteroatoms. The number of carboxylic acids is 1. The summed E-state index contributed by atoms with van der Waals surface area (Å²) >= 11 is 0. The van der Waals surface area contributed by atoms with Gasteiger partial charge in [-0.1, -0.05) is 60.1 Å². The van der Waals surface area contributed by atoms with E-state index in [0.29, 0.717) is 44.9 Å². The Labute approximate surface area is 525 Å². The Hall–Kier alpha value is -3.10. The zero-order valence-electron chi connectivity index (χ0n) is 52.1. The third-order valence-corrected chi connectivity index (χ3v) is 23.5. The van der Waals surface area contributed by atoms with E-state index in [2.05, 4.69) is 46.0 Å². The van der Waals surface area contributed by atoms with E-state index in [0.717, 1.165) is 11.9 Å². The van der Waals surface area contributed by atoms with Crippen LogP contribution < -0.4 is 5.32 Å². The highest BCUT2D eigenvalue weighted by atomic mass is 16.8. The van der Waals surface area contributed by atoms with Gasteiger partial charge in [-0.05, 0) is 104 Å². The maximum atomic E-state index is 15.2. The number of rotatable bonds is 17. The Kier molecular flexibility index (Phi) is 20.5. The van der Waals surface area contributed by atoms with Crippen LogP contribution in [-0.4, -0.2) is 281 Å². The maximum absolute atomic E-state index is 15.2. The van der Waals surface area contributed by atoms with Crippen LogP contribution >= 0.6 is 0 Å². The van der Waals surface area contributed by atoms with Gasteiger partial charge in [-0.3, -0.25) is 9.59 Å². The van der Waals surface area contributed by atoms with Crippen molar-refractivity contribution >= 4 is 24.1 Å². The molecule has 4 saturated carbocycles. The fourth-order valence-electron chi connectivity index (χ4n) is 17.9. The van der Waals surface area contributed by atoms with Crippen LogP contribution in [0.4, 0.5) is 0 Å². The van der Waals surface area contributed by atoms with Crippen molar-refractivity contribution in [1.82, 2.24) is 5.32 Å². The minimum absolute atomic E-state index is 0.0829. The van der Waals surface area contributed by atoms with Crippen LogP contribution in [0.3, 0.4) is 0 Å². The number of aldehydes is 1. The zero-order chi connectivity index (χ0) is 66.6. The molecule has 1 amide bonds. The van der Waals surface area contributed by atoms with E-state index >= 15 is 4.79 Å². The summed E-state index contributed by atoms with van der Waals surface area (Å²) in [7, 11) is 0. The van der Waals surface area contributed by atoms with Gasteiger partial charge in [0.25, 0.3) is 0 Å². The summed E-state index contributed by atoms with van der Waals surface area (Å²) in [5, 5.41) is 166. The first kappa shape index (κ1) is 70.7. The molecule has 0 aromatic carbocycles. The molecule has 15 unspecified atom stereocenters. The second-order valence-corrected chi connectivity index (χ2v) is 29.0. The molecule has 5 saturated heterocycles. The number of hydrogen-bond donors (Lipinski definition) is 16. The lowest BCUT2D eigenvalue weighted by Crippen LogP contribution is -2.69. The molecule has 5 aliphatic carbocycles. The minimum Gasteiger partial charge on any atom is -0.479 e. The zero-order valence-corrected chi connectivity index (χ0v) is 52.1. The number of amides is 1. The third-order valence-electron chi connectivity index (χ3n) is 23.5. The van der Waals surface area contributed by atoms with Crippen molar-refractivity contribution in [1.29, 1.82) is 0 Å². The molecule has 518 valence electrons. The SMILES string of the molecule is CC[C@@H]1O[C@@H](OCC(=O)N[C@H]2C(CO)O[C@@H](OC(=O)[C@]34CCC(C)(C)CC3C3=CCC5C6(C)CC[C@H](O[C@@H]7OC(C(=O)O)[C@@H](O)[C@H](O[C@@H]8OC[C@@H](O)[C@H](O)C8O)C7O[C@@H]7OC(CO)[C@H](O)[C@H](O)C7O)[C@](C)(C=O)[C@@H]6CCC5(C)[C@]3(C)CC4O)C(O)C2O)C(O)C1O. The lowest BCUT2D eigenvalue weighted by atomic mass is 9.33. The second kappa shape index (κ2) is 26.4. The van der Waals surface area contributed by atoms with Crippen LogP contribution in [0.25, 0.3) is 0 Å². The molecule has 33 atom stereocenters. The second-order valence-electron chi connectivity index (χ2n) is 29.0. The fourth-order valence-corrected chi connectivity index (χ4v) is 17.9. The summed E-state index contributed by atoms with van der Waals surface area (Å²) in [5.41, 5.74) is -4.47. The van der Waals surface area contributed by atoms with Gasteiger partial charge in [0.05, 0.1) is 49.6 Å². The first-order valence-electron chi connectivity index (χ1n) is 31.8. The highest BCUT2D eigenvalue weighted by Crippen LogP contribution is 2.76. The number of carbonyl (C=O) groups excluding carboxylic acids is 3. The highest BCUT2D eigenvalue weighted by molar-refractivity contribution is 5.80. The number of carbonyl (C=O) groups is 4. The van der Waals surface area contributed by atoms with E-state index in [-0.39, 0.29) is 30.6 Å². The van der Waals surface area contributed by atoms with Crippen LogP contribution in [0.1, 0.15) is 113 Å². The monoisotopic (exact) mass is 1310 g/mol. The molecule has 91 heavy (non-hydrogen) atoms. The predicted molar refractivity (Wildman–Crippen MR) is 302 cm³/mol. The van der Waals surface area contributed by atoms with Crippen LogP contribution in [-0.2, 0) is 66.5 Å². The van der Waals surface area contributed by atoms with E-state index in [1.54, 1.807) is 13.8 Å². The average Bonchev–Trinajstić information content (AvgIpc) is 0.909. The molecule has 5 heterocycles. The number of aliphatic hydroxyl groups excluding tert-OH is 14. The Morgan fingerprint density at radius 1 is 0.637 bits per heavy atom. The standard InChI is InChI=1S/C61H95NO29/c1-8-27-37(70)42(75)50(84-27)83-22-34(68)62-35-28(19-63)85-53(43(76)39(35)72)91-55(81)61-16-15-56(2,3)17-25(61)24-9-10-31-57(4)13-12-33(58(5,23-65)30(57)11-14-59(31,6)60(24,7)18-32(61)67)87-54-48(90-52-44(77)40(73)38(71)29(20-64)86-52)46(45(78)47(89-54)49(79)80)88-51-41(74)36(69)26(66)21-82-51/h9,23,25-33,35-48,50-54,63-64,66-67,69-78H,8,10-22H2,1-7H3,(H,62,68)(H,79,80)/t25?,26-,27+,28?,29?,30-,31?,32?,33+,35+,36+,37?,38+,39?,40+,41?,42?,43?,44?,45+,46+,47?,48?,50-,51+,52+,53+,54-,57?,58-,59?,60-,61-/m1/s1. The summed E-state index contributed by atoms with van der Waals surface area (Å²) < 4.78 is 59.0. The Morgan fingerprint density at radius 2 is 1.26 bits per heavy atom. The Bertz CT molecular complexity index is 2650. The molecule has 10 aliphatic rings. The lowest BCUT2D eigenvalue weighted by molar-refractivity contribution is -0.391. The highest BCUT2D eigenvalue weighted by Gasteiger charge is 2.73. The van der Waals surface area contributed by atoms with E-state index in [4.69, 9.17) is 47.4 Å². The van der Waals surface area contributed by atoms with Crippen molar-refractivity contribution < 1.29 is 143 Å². The number of hydrogen-bond acceptors (Lipinski definition) is 28. The topological polar surface area (TPSA) is 476 Å². The quantitative estimate of drug-likeness (QED) is 0.0284. The Morgan fingerprint density at radius 3 is 1.91 bits per heavy atom. The van der Waals surface area contributed by atoms with Crippen molar-refractivity contribution in [2.75, 3.05) is 26.4 Å². The number of fused-ring (bicyclic) bond motifs is 7. The average molecular weight is 1310 g/mol. The van der Waals surface area contributed by atoms with Crippen molar-refractivity contribution in [3.63, 3.8) is 0 Å². The van der Waals surface area contributed by atoms with Crippen LogP contribution in [0.15, 0.2) is 11.6 Å². The number of nitrogens with one attached hydrogen (secondary N) is 1. The van der Waals surface area contributed by atoms with E-state index < -0.39 is 237 Å². The maximum Gasteiger partial charge on any atom is 0.335 e. The van der Waals surface area contributed by atoms with Gasteiger partial charge in [0, 0.05) is 0 Å². The lowest BCUT2D eigenvalue weighted by Gasteiger charge is -2.71. The minimum atomic E-state index is -2.20. The molecular weight excluding hydrogens is 1210 g/mol. The number of carboxylic acid groups (broad SMARTS) is 1. The summed E-state index contributed by atoms with van der Waals surface area (Å²) in [6.07, 6.45) is -34.8. The molecule has 9 fully saturated rings. The molecule has 0 radical (unpaired) electrons. The molecule has 16 N–H and O–H groups in total. The number of ether oxygens (including phenoxy) is 10. The molecule has 0 aromatic heterocycles. The fraction of sp³-hybridized carbons (Fsp3) is 0.902. The summed E-state index contributed by atoms with van der Waals surface area (Å²) in [6, 6.07) is -1.45. The first-order valence-corrected chi connectivity index (χ1v) is 31.8. The third kappa shape index (κ3) is 12.0. The molecule has 5 aliphatic heterocycles. The van der Waals surface area contributed by atoms with Gasteiger partial charge in [-0.2, -0.15) is 0 Å². The van der Waals surface area contributed by atoms with Crippen LogP contribution in [0.2, 0.25) is 0 Å². The summed E-state index contributed by atoms with van der Waals surface area (Å²) in [5.74, 6) is -4.73. The van der Waals surface area contributed by atoms with Crippen molar-refractivity contribution in [2.45, 2.75) is 266 Å². The predicted octanol–water partition coefficient (Wildman–Crippen LogP) is -4.16. The van der Waals surface area contributed by atoms with Crippen molar-refractivity contribution in [3.05, 3.63) is 11.6 Å². The summed E-state index contributed by atoms with van der Waals surface area (Å²) in [6.45, 7) is 11.0. The summed E-state index contributed by atoms with van der Waals surface area (Å²) in [4.78, 5) is 55.4. The van der Waals surface area contributed by atoms with Gasteiger partial charge in [0.2, 0.25) is 12.2 Å². The van der Waals surface area contributed by atoms with Gasteiger partial charge in [-0.25, -0.2) is 4.79 Å². The van der Waals surface area contributed by atoms with Crippen LogP contribution in [0.5, 0.6) is 0 Å². The number of aliphatic hydroxyl groups is 14. The van der Waals surface area contributed by atoms with Gasteiger partial charge < -0.3 is 134 Å². The molecule has 0 spiro atoms. The van der Waals surface area contributed by atoms with E-state index in [1.165, 1.54) is 0 Å². The van der Waals surface area contributed by atoms with Gasteiger partial charge in [0.1, 0.15) is 110 Å². The first-order chi connectivity index (χ1) is 42.7. The van der Waals surface area contributed by atoms with Crippen LogP contribution in [0, 0.1) is 50.2 Å². The molecular formula is C61H95NO29. The smallest absolute Gasteiger partial charge is 0.335 e. The molecule has 0 aromatic rings. The number of aliphatic carboxylic acids is 1. The normalized spacial score (nSPS) is 52.1. The van der Waals surface area contributed by atoms with E-state index in [9.17, 15) is 91.0 Å².